The van der Waals surface area contributed by atoms with Crippen molar-refractivity contribution in [3.8, 4) is 5.75 Å². The summed E-state index contributed by atoms with van der Waals surface area (Å²) in [5.41, 5.74) is 0.214. The van der Waals surface area contributed by atoms with Crippen LogP contribution in [-0.2, 0) is 89.6 Å². The number of nitro groups is 1. The van der Waals surface area contributed by atoms with Crippen molar-refractivity contribution in [2.24, 2.45) is 11.8 Å². The van der Waals surface area contributed by atoms with Crippen LogP contribution < -0.4 is 42.5 Å². The SMILES string of the molecule is CC[C@H](C)[C@H](NC(=O)[C@@H]1CCCN1C(=O)[C@H](CCC(=O)O)NC(=O)[C@H](Cc1ccc(O)cc1)NC(=O)CCC(=O)O)C(=O)N1CCC[C@H]1C(=O)N[C@@H](CCC(=O)O)C(=O)N[C@@H](CCC(=O)O)C(=O)N[C@@H](Cc1ccc([N+](=O)[O-])cc1)C(=O)N[C@@H](CC(C)C)C(=O)N[C@H](CCC(=O)O)C(=O)O. The lowest BCUT2D eigenvalue weighted by molar-refractivity contribution is -0.384. The summed E-state index contributed by atoms with van der Waals surface area (Å²) in [4.78, 5) is 225. The third kappa shape index (κ3) is 26.5. The zero-order valence-electron chi connectivity index (χ0n) is 55.5. The van der Waals surface area contributed by atoms with Gasteiger partial charge in [0.05, 0.1) is 11.3 Å². The number of likely N-dealkylation sites (tertiary alicyclic amines) is 2. The predicted molar refractivity (Wildman–Crippen MR) is 344 cm³/mol. The molecule has 0 aliphatic carbocycles. The first-order chi connectivity index (χ1) is 47.1. The van der Waals surface area contributed by atoms with Gasteiger partial charge in [-0.3, -0.25) is 82.0 Å². The number of hydrogen-bond donors (Lipinski definition) is 15. The number of phenolic OH excluding ortho intramolecular Hbond substituents is 1. The summed E-state index contributed by atoms with van der Waals surface area (Å²) < 4.78 is 0. The first-order valence-corrected chi connectivity index (χ1v) is 32.4. The Balaban J connectivity index is 1.60. The van der Waals surface area contributed by atoms with Crippen molar-refractivity contribution in [1.82, 2.24) is 52.3 Å². The Morgan fingerprint density at radius 2 is 0.850 bits per heavy atom. The van der Waals surface area contributed by atoms with Gasteiger partial charge in [-0.15, -0.1) is 0 Å². The lowest BCUT2D eigenvalue weighted by atomic mass is 9.96. The zero-order valence-corrected chi connectivity index (χ0v) is 55.5. The molecule has 4 rings (SSSR count). The number of benzene rings is 2. The van der Waals surface area contributed by atoms with Crippen LogP contribution in [0.15, 0.2) is 48.5 Å². The van der Waals surface area contributed by atoms with E-state index in [4.69, 9.17) is 10.2 Å². The van der Waals surface area contributed by atoms with Gasteiger partial charge in [-0.05, 0) is 92.9 Å². The number of carbonyl (C=O) groups excluding carboxylic acids is 10. The van der Waals surface area contributed by atoms with E-state index in [2.05, 4.69) is 42.5 Å². The number of aromatic hydroxyl groups is 1. The molecule has 548 valence electrons. The third-order valence-electron chi connectivity index (χ3n) is 16.7. The molecule has 0 saturated carbocycles. The molecule has 15 N–H and O–H groups in total. The molecule has 2 heterocycles. The summed E-state index contributed by atoms with van der Waals surface area (Å²) in [7, 11) is 0. The fourth-order valence-corrected chi connectivity index (χ4v) is 11.1. The minimum Gasteiger partial charge on any atom is -0.508 e. The summed E-state index contributed by atoms with van der Waals surface area (Å²) in [6, 6.07) is -5.87. The van der Waals surface area contributed by atoms with Gasteiger partial charge in [0, 0.05) is 70.2 Å². The average Bonchev–Trinajstić information content (AvgIpc) is 1.61. The molecule has 0 spiro atoms. The molecule has 36 nitrogen and oxygen atoms in total. The maximum atomic E-state index is 14.8. The number of amides is 10. The van der Waals surface area contributed by atoms with Gasteiger partial charge in [0.1, 0.15) is 66.2 Å². The van der Waals surface area contributed by atoms with Crippen LogP contribution in [0.5, 0.6) is 5.75 Å². The normalized spacial score (nSPS) is 16.8. The standard InChI is InChI=1S/C64H87N11O25/c1-5-34(4)54(72-61(94)47-9-6-28-73(47)62(95)41(20-25-51(82)83)68-58(91)44(65-48(77)22-27-53(86)87)31-36-12-16-38(76)17-13-36)63(96)74-29-7-8-46(74)60(93)67-40(19-24-50(80)81)55(88)66-39(18-23-49(78)79)56(89)71-45(32-35-10-14-37(15-11-35)75(99)100)59(92)70-43(30-33(2)3)57(90)69-42(64(97)98)21-26-52(84)85/h10-17,33-34,39-47,54,76H,5-9,18-32H2,1-4H3,(H,65,77)(H,66,88)(H,67,93)(H,68,91)(H,69,90)(H,70,92)(H,71,89)(H,72,94)(H,78,79)(H,80,81)(H,82,83)(H,84,85)(H,86,87)(H,97,98)/t34-,39-,40-,41-,42+,43-,44-,45-,46-,47-,54-/m0/s1. The van der Waals surface area contributed by atoms with Crippen LogP contribution in [0.4, 0.5) is 5.69 Å². The Bertz CT molecular complexity index is 3330. The largest absolute Gasteiger partial charge is 0.508 e. The zero-order chi connectivity index (χ0) is 74.7. The number of nitro benzene ring substituents is 1. The first kappa shape index (κ1) is 81.6. The molecule has 2 aromatic rings. The quantitative estimate of drug-likeness (QED) is 0.0293. The molecule has 2 aromatic carbocycles. The maximum absolute atomic E-state index is 14.8. The average molecular weight is 1410 g/mol. The van der Waals surface area contributed by atoms with E-state index in [1.165, 1.54) is 36.4 Å². The highest BCUT2D eigenvalue weighted by molar-refractivity contribution is 6.00. The summed E-state index contributed by atoms with van der Waals surface area (Å²) in [6.45, 7) is 6.41. The smallest absolute Gasteiger partial charge is 0.326 e. The summed E-state index contributed by atoms with van der Waals surface area (Å²) in [5, 5.41) is 98.0. The van der Waals surface area contributed by atoms with E-state index in [-0.39, 0.29) is 81.0 Å². The van der Waals surface area contributed by atoms with Gasteiger partial charge in [-0.2, -0.15) is 0 Å². The summed E-state index contributed by atoms with van der Waals surface area (Å²) in [5.74, 6) is -19.9. The van der Waals surface area contributed by atoms with Crippen LogP contribution in [0.2, 0.25) is 0 Å². The van der Waals surface area contributed by atoms with E-state index in [1.807, 2.05) is 0 Å². The number of nitrogens with one attached hydrogen (secondary N) is 8. The molecule has 11 atom stereocenters. The number of phenols is 1. The number of aliphatic carboxylic acids is 6. The van der Waals surface area contributed by atoms with Crippen molar-refractivity contribution in [2.45, 2.75) is 204 Å². The molecule has 10 amide bonds. The number of non-ortho nitro benzene ring substituents is 1. The molecule has 2 saturated heterocycles. The molecule has 2 fully saturated rings. The van der Waals surface area contributed by atoms with Gasteiger partial charge < -0.3 is 88.1 Å². The van der Waals surface area contributed by atoms with Crippen molar-refractivity contribution in [2.75, 3.05) is 13.1 Å². The monoisotopic (exact) mass is 1410 g/mol. The van der Waals surface area contributed by atoms with Gasteiger partial charge in [-0.25, -0.2) is 4.79 Å². The Morgan fingerprint density at radius 3 is 1.31 bits per heavy atom. The molecule has 2 aliphatic rings. The molecule has 0 bridgehead atoms. The van der Waals surface area contributed by atoms with Crippen molar-refractivity contribution in [3.63, 3.8) is 0 Å². The van der Waals surface area contributed by atoms with E-state index in [1.54, 1.807) is 27.7 Å². The lowest BCUT2D eigenvalue weighted by Gasteiger charge is -2.34. The highest BCUT2D eigenvalue weighted by atomic mass is 16.6. The summed E-state index contributed by atoms with van der Waals surface area (Å²) >= 11 is 0. The van der Waals surface area contributed by atoms with E-state index in [9.17, 15) is 112 Å². The second-order valence-corrected chi connectivity index (χ2v) is 24.8. The number of carboxylic acids is 6. The molecular formula is C64H87N11O25. The lowest BCUT2D eigenvalue weighted by Crippen LogP contribution is -2.61. The number of carbonyl (C=O) groups is 16. The topological polar surface area (TPSA) is 561 Å². The highest BCUT2D eigenvalue weighted by Gasteiger charge is 2.44. The first-order valence-electron chi connectivity index (χ1n) is 32.4. The molecule has 36 heteroatoms. The predicted octanol–water partition coefficient (Wildman–Crippen LogP) is -0.553. The van der Waals surface area contributed by atoms with Crippen LogP contribution in [0.3, 0.4) is 0 Å². The molecule has 0 unspecified atom stereocenters. The molecule has 2 aliphatic heterocycles. The van der Waals surface area contributed by atoms with Crippen LogP contribution in [-0.4, -0.2) is 219 Å². The molecule has 100 heavy (non-hydrogen) atoms. The number of carboxylic acid groups (broad SMARTS) is 6. The van der Waals surface area contributed by atoms with E-state index < -0.39 is 237 Å². The van der Waals surface area contributed by atoms with Crippen LogP contribution in [0.25, 0.3) is 0 Å². The number of rotatable bonds is 42. The number of nitrogens with zero attached hydrogens (tertiary/aromatic N) is 3. The second-order valence-electron chi connectivity index (χ2n) is 24.8. The van der Waals surface area contributed by atoms with Gasteiger partial charge in [0.15, 0.2) is 0 Å². The summed E-state index contributed by atoms with van der Waals surface area (Å²) in [6.07, 6.45) is -6.78. The fraction of sp³-hybridized carbons (Fsp3) is 0.562. The Hall–Kier alpha value is -10.8. The molecular weight excluding hydrogens is 1320 g/mol. The minimum absolute atomic E-state index is 0.0178. The minimum atomic E-state index is -1.91. The Morgan fingerprint density at radius 1 is 0.470 bits per heavy atom. The number of hydrogen-bond acceptors (Lipinski definition) is 19. The van der Waals surface area contributed by atoms with Crippen molar-refractivity contribution in [3.05, 3.63) is 69.8 Å². The maximum Gasteiger partial charge on any atom is 0.326 e. The van der Waals surface area contributed by atoms with Gasteiger partial charge in [0.25, 0.3) is 5.69 Å². The van der Waals surface area contributed by atoms with Crippen molar-refractivity contribution >= 4 is 101 Å². The van der Waals surface area contributed by atoms with Gasteiger partial charge in [0.2, 0.25) is 59.1 Å². The van der Waals surface area contributed by atoms with Crippen molar-refractivity contribution < 1.29 is 117 Å². The Kier molecular flexibility index (Phi) is 32.3. The molecule has 0 radical (unpaired) electrons. The Labute approximate surface area is 572 Å². The molecule has 0 aromatic heterocycles. The fourth-order valence-electron chi connectivity index (χ4n) is 11.1. The van der Waals surface area contributed by atoms with Gasteiger partial charge >= 0.3 is 35.8 Å². The van der Waals surface area contributed by atoms with Crippen LogP contribution >= 0.6 is 0 Å². The van der Waals surface area contributed by atoms with E-state index >= 15 is 0 Å². The van der Waals surface area contributed by atoms with Crippen LogP contribution in [0.1, 0.15) is 142 Å². The highest BCUT2D eigenvalue weighted by Crippen LogP contribution is 2.26. The van der Waals surface area contributed by atoms with E-state index in [0.29, 0.717) is 5.56 Å². The third-order valence-corrected chi connectivity index (χ3v) is 16.7. The van der Waals surface area contributed by atoms with Crippen LogP contribution in [0, 0.1) is 22.0 Å². The van der Waals surface area contributed by atoms with Gasteiger partial charge in [-0.1, -0.05) is 58.4 Å². The van der Waals surface area contributed by atoms with Crippen molar-refractivity contribution in [1.29, 1.82) is 0 Å². The second kappa shape index (κ2) is 39.5. The van der Waals surface area contributed by atoms with E-state index in [0.717, 1.165) is 21.9 Å².